The molecule has 0 aliphatic heterocycles. The minimum Gasteiger partial charge on any atom is -0.480 e. The molecule has 0 spiro atoms. The molecule has 31 nitrogen and oxygen atoms in total. The van der Waals surface area contributed by atoms with Crippen molar-refractivity contribution < 1.29 is 76.8 Å². The zero-order chi connectivity index (χ0) is 62.6. The predicted molar refractivity (Wildman–Crippen MR) is 293 cm³/mol. The molecule has 0 aromatic rings. The lowest BCUT2D eigenvalue weighted by atomic mass is 10.1. The van der Waals surface area contributed by atoms with Gasteiger partial charge in [-0.05, 0) is 115 Å². The molecule has 0 saturated heterocycles. The summed E-state index contributed by atoms with van der Waals surface area (Å²) in [7, 11) is 4.53. The summed E-state index contributed by atoms with van der Waals surface area (Å²) in [5.41, 5.74) is 24.0. The molecular formula is C49H93N15O16. The second-order valence-electron chi connectivity index (χ2n) is 22.2. The summed E-state index contributed by atoms with van der Waals surface area (Å²) in [4.78, 5) is 131. The Bertz CT molecular complexity index is 2050. The second-order valence-corrected chi connectivity index (χ2v) is 22.2. The van der Waals surface area contributed by atoms with Gasteiger partial charge in [-0.1, -0.05) is 5.11 Å². The summed E-state index contributed by atoms with van der Waals surface area (Å²) in [5.74, 6) is -3.94. The van der Waals surface area contributed by atoms with E-state index in [0.29, 0.717) is 13.0 Å². The number of hydrogen-bond acceptors (Lipinski definition) is 21. The second kappa shape index (κ2) is 39.4. The van der Waals surface area contributed by atoms with Crippen LogP contribution in [0.1, 0.15) is 141 Å². The number of hydrazine groups is 3. The number of carboxylic acids is 1. The molecule has 0 fully saturated rings. The first-order valence-electron chi connectivity index (χ1n) is 25.7. The monoisotopic (exact) mass is 1150 g/mol. The largest absolute Gasteiger partial charge is 0.480 e. The highest BCUT2D eigenvalue weighted by atomic mass is 16.6. The van der Waals surface area contributed by atoms with E-state index in [1.165, 1.54) is 31.0 Å². The molecule has 7 amide bonds. The van der Waals surface area contributed by atoms with Crippen LogP contribution in [0.5, 0.6) is 0 Å². The van der Waals surface area contributed by atoms with Crippen molar-refractivity contribution in [3.05, 3.63) is 10.4 Å². The number of esters is 2. The number of amides is 7. The molecule has 12 N–H and O–H groups in total. The number of likely N-dealkylation sites (N-methyl/N-ethyl adjacent to an activating group) is 3. The molecule has 0 aliphatic rings. The number of hydrogen-bond donors (Lipinski definition) is 10. The van der Waals surface area contributed by atoms with Crippen molar-refractivity contribution in [2.45, 2.75) is 182 Å². The molecule has 0 aromatic carbocycles. The summed E-state index contributed by atoms with van der Waals surface area (Å²) >= 11 is 0. The van der Waals surface area contributed by atoms with Crippen molar-refractivity contribution in [3.8, 4) is 0 Å². The lowest BCUT2D eigenvalue weighted by Crippen LogP contribution is -2.47. The number of nitrogens with two attached hydrogens (primary N) is 2. The molecule has 80 heavy (non-hydrogen) atoms. The summed E-state index contributed by atoms with van der Waals surface area (Å²) in [6.07, 6.45) is -0.628. The molecule has 460 valence electrons. The summed E-state index contributed by atoms with van der Waals surface area (Å²) in [6.45, 7) is 22.4. The zero-order valence-electron chi connectivity index (χ0n) is 49.7. The zero-order valence-corrected chi connectivity index (χ0v) is 49.7. The van der Waals surface area contributed by atoms with E-state index in [1.54, 1.807) is 90.1 Å². The van der Waals surface area contributed by atoms with Crippen LogP contribution in [0, 0.1) is 0 Å². The fraction of sp³-hybridized carbons (Fsp3) is 0.776. The van der Waals surface area contributed by atoms with Gasteiger partial charge in [0.25, 0.3) is 0 Å². The van der Waals surface area contributed by atoms with Crippen LogP contribution in [0.2, 0.25) is 0 Å². The van der Waals surface area contributed by atoms with E-state index >= 15 is 0 Å². The van der Waals surface area contributed by atoms with Gasteiger partial charge in [-0.3, -0.25) is 59.4 Å². The Morgan fingerprint density at radius 3 is 1.38 bits per heavy atom. The van der Waals surface area contributed by atoms with E-state index < -0.39 is 82.4 Å². The molecular weight excluding hydrogens is 1050 g/mol. The first-order chi connectivity index (χ1) is 36.5. The molecule has 0 aliphatic carbocycles. The number of rotatable bonds is 30. The van der Waals surface area contributed by atoms with Gasteiger partial charge in [-0.25, -0.2) is 24.6 Å². The third-order valence-electron chi connectivity index (χ3n) is 8.77. The molecule has 3 atom stereocenters. The molecule has 0 bridgehead atoms. The predicted octanol–water partition coefficient (Wildman–Crippen LogP) is 0.941. The Kier molecular flexibility index (Phi) is 38.1. The first-order valence-corrected chi connectivity index (χ1v) is 25.7. The fourth-order valence-electron chi connectivity index (χ4n) is 5.99. The number of alkyl carbamates (subject to hydrolysis) is 2. The number of nitrogens with zero attached hydrogens (tertiary/aromatic N) is 6. The molecule has 0 unspecified atom stereocenters. The van der Waals surface area contributed by atoms with E-state index in [0.717, 1.165) is 5.01 Å². The van der Waals surface area contributed by atoms with Gasteiger partial charge in [0, 0.05) is 89.5 Å². The number of carbonyl (C=O) groups is 11. The Labute approximate surface area is 469 Å². The van der Waals surface area contributed by atoms with Crippen LogP contribution in [0.4, 0.5) is 9.59 Å². The molecule has 31 heteroatoms. The number of carboxylic acid groups (broad SMARTS) is 1. The van der Waals surface area contributed by atoms with Gasteiger partial charge in [-0.15, -0.1) is 0 Å². The lowest BCUT2D eigenvalue weighted by Gasteiger charge is -2.25. The van der Waals surface area contributed by atoms with E-state index in [1.807, 2.05) is 0 Å². The summed E-state index contributed by atoms with van der Waals surface area (Å²) in [6, 6.07) is -1.65. The van der Waals surface area contributed by atoms with Gasteiger partial charge in [0.05, 0.1) is 19.5 Å². The van der Waals surface area contributed by atoms with Crippen molar-refractivity contribution in [1.29, 1.82) is 0 Å². The number of Topliss-reactive ketones (excluding diaryl/α,β-unsaturated/α-hetero) is 1. The first kappa shape index (κ1) is 77.3. The standard InChI is InChI=1S/C22H40N4O7.C17H32N6O5.C10H21N5O4/c1-15(27)14-26(8)25-18(29)13-16(24-20(31)33-22(5,6)7)11-12-23-17(28)9-10-19(30)32-21(2,3)4;1-16(2,3)27-14(25)11-23(7)21-13(24)10-12(8-9-19-22-18)20-15(26)28-17(4,5)6;1-15(6-10(18)19)14-8(16)4-7(12)2-3-13-9(17)5-11/h16H,9-14H2,1-8H3,(H,23,28)(H,24,31)(H,25,29);12H,8-11H2,1-7H3,(H,20,26)(H,21,24);7H,2-6,11-12H2,1H3,(H,13,17)(H,14,16)(H,18,19)/t16-;12-;7-/m000/s1. The molecule has 0 heterocycles. The number of ketones is 1. The lowest BCUT2D eigenvalue weighted by molar-refractivity contribution is -0.157. The maximum absolute atomic E-state index is 12.3. The van der Waals surface area contributed by atoms with E-state index in [-0.39, 0.29) is 108 Å². The SMILES string of the molecule is CC(=O)CN(C)NC(=O)C[C@H](CCNC(=O)CCC(=O)OC(C)(C)C)NC(=O)OC(C)(C)C.CN(CC(=O)O)NC(=O)C[C@@H](N)CCNC(=O)CN.CN(CC(=O)OC(C)(C)C)NC(=O)C[C@H](CCN=[N+]=[N-])NC(=O)OC(C)(C)C. The normalized spacial score (nSPS) is 12.4. The Hall–Kier alpha value is -6.92. The van der Waals surface area contributed by atoms with Crippen LogP contribution >= 0.6 is 0 Å². The summed E-state index contributed by atoms with van der Waals surface area (Å²) in [5, 5.41) is 26.2. The van der Waals surface area contributed by atoms with Crippen molar-refractivity contribution >= 4 is 65.4 Å². The average molecular weight is 1150 g/mol. The molecule has 0 aromatic heterocycles. The number of nitrogens with one attached hydrogen (secondary N) is 7. The van der Waals surface area contributed by atoms with Gasteiger partial charge < -0.3 is 56.8 Å². The van der Waals surface area contributed by atoms with Crippen LogP contribution in [-0.2, 0) is 62.1 Å². The van der Waals surface area contributed by atoms with Gasteiger partial charge >= 0.3 is 30.1 Å². The highest BCUT2D eigenvalue weighted by Crippen LogP contribution is 2.12. The van der Waals surface area contributed by atoms with Gasteiger partial charge in [0.1, 0.15) is 41.3 Å². The number of ether oxygens (including phenoxy) is 4. The van der Waals surface area contributed by atoms with E-state index in [2.05, 4.69) is 47.6 Å². The van der Waals surface area contributed by atoms with Crippen LogP contribution in [0.25, 0.3) is 10.4 Å². The third-order valence-corrected chi connectivity index (χ3v) is 8.77. The molecule has 0 rings (SSSR count). The Morgan fingerprint density at radius 2 is 0.950 bits per heavy atom. The summed E-state index contributed by atoms with van der Waals surface area (Å²) < 4.78 is 20.8. The van der Waals surface area contributed by atoms with Crippen LogP contribution < -0.4 is 49.0 Å². The van der Waals surface area contributed by atoms with Gasteiger partial charge in [0.2, 0.25) is 29.5 Å². The topological polar surface area (TPSA) is 440 Å². The number of aliphatic carboxylic acids is 1. The van der Waals surface area contributed by atoms with E-state index in [4.69, 9.17) is 41.1 Å². The molecule has 0 radical (unpaired) electrons. The highest BCUT2D eigenvalue weighted by Gasteiger charge is 2.25. The maximum Gasteiger partial charge on any atom is 0.407 e. The smallest absolute Gasteiger partial charge is 0.407 e. The van der Waals surface area contributed by atoms with Crippen molar-refractivity contribution in [3.63, 3.8) is 0 Å². The minimum atomic E-state index is -1.04. The van der Waals surface area contributed by atoms with Crippen LogP contribution in [0.3, 0.4) is 0 Å². The van der Waals surface area contributed by atoms with Crippen molar-refractivity contribution in [2.75, 3.05) is 67.0 Å². The molecule has 0 saturated carbocycles. The number of azide groups is 1. The maximum atomic E-state index is 12.3. The fourth-order valence-corrected chi connectivity index (χ4v) is 5.99. The van der Waals surface area contributed by atoms with Gasteiger partial charge in [-0.2, -0.15) is 0 Å². The quantitative estimate of drug-likeness (QED) is 0.0119. The van der Waals surface area contributed by atoms with Crippen LogP contribution in [-0.4, -0.2) is 193 Å². The third kappa shape index (κ3) is 53.1. The van der Waals surface area contributed by atoms with E-state index in [9.17, 15) is 52.7 Å². The van der Waals surface area contributed by atoms with Crippen LogP contribution in [0.15, 0.2) is 5.11 Å². The Morgan fingerprint density at radius 1 is 0.550 bits per heavy atom. The van der Waals surface area contributed by atoms with Gasteiger partial charge in [0.15, 0.2) is 0 Å². The number of carbonyl (C=O) groups excluding carboxylic acids is 10. The Balaban J connectivity index is -0.00000115. The van der Waals surface area contributed by atoms with Crippen molar-refractivity contribution in [1.82, 2.24) is 52.6 Å². The highest BCUT2D eigenvalue weighted by molar-refractivity contribution is 5.82. The van der Waals surface area contributed by atoms with Crippen molar-refractivity contribution in [2.24, 2.45) is 16.6 Å². The minimum absolute atomic E-state index is 0.0323. The average Bonchev–Trinajstić information content (AvgIpc) is 3.22.